The molecule has 0 bridgehead atoms. The molecule has 0 aliphatic carbocycles. The summed E-state index contributed by atoms with van der Waals surface area (Å²) in [4.78, 5) is 0.377. The fourth-order valence-corrected chi connectivity index (χ4v) is 3.05. The molecule has 0 spiro atoms. The van der Waals surface area contributed by atoms with E-state index in [9.17, 15) is 8.42 Å². The molecular weight excluding hydrogens is 212 g/mol. The van der Waals surface area contributed by atoms with E-state index in [0.29, 0.717) is 23.7 Å². The van der Waals surface area contributed by atoms with Crippen molar-refractivity contribution >= 4 is 15.7 Å². The quantitative estimate of drug-likeness (QED) is 0.719. The summed E-state index contributed by atoms with van der Waals surface area (Å²) in [5.41, 5.74) is 1.65. The molecule has 2 rings (SSSR count). The number of aryl methyl sites for hydroxylation is 1. The van der Waals surface area contributed by atoms with Crippen molar-refractivity contribution in [2.75, 3.05) is 25.5 Å². The Morgan fingerprint density at radius 2 is 2.13 bits per heavy atom. The van der Waals surface area contributed by atoms with Gasteiger partial charge in [0, 0.05) is 20.1 Å². The molecule has 0 saturated heterocycles. The number of nitrogens with one attached hydrogen (secondary N) is 1. The van der Waals surface area contributed by atoms with E-state index in [-0.39, 0.29) is 0 Å². The molecule has 1 aromatic rings. The van der Waals surface area contributed by atoms with Gasteiger partial charge in [0.2, 0.25) is 10.0 Å². The van der Waals surface area contributed by atoms with Crippen molar-refractivity contribution in [1.29, 1.82) is 0 Å². The van der Waals surface area contributed by atoms with Crippen LogP contribution in [0, 0.1) is 6.92 Å². The van der Waals surface area contributed by atoms with Crippen molar-refractivity contribution in [2.24, 2.45) is 0 Å². The van der Waals surface area contributed by atoms with Crippen LogP contribution in [0.1, 0.15) is 5.56 Å². The highest BCUT2D eigenvalue weighted by Crippen LogP contribution is 2.26. The maximum atomic E-state index is 12.1. The topological polar surface area (TPSA) is 49.4 Å². The van der Waals surface area contributed by atoms with Gasteiger partial charge in [0.15, 0.2) is 0 Å². The predicted octanol–water partition coefficient (Wildman–Crippen LogP) is 1.04. The van der Waals surface area contributed by atoms with Crippen molar-refractivity contribution in [3.63, 3.8) is 0 Å². The Balaban J connectivity index is 2.66. The van der Waals surface area contributed by atoms with Crippen molar-refractivity contribution in [1.82, 2.24) is 4.31 Å². The largest absolute Gasteiger partial charge is 0.383 e. The second-order valence-corrected chi connectivity index (χ2v) is 5.77. The van der Waals surface area contributed by atoms with Crippen molar-refractivity contribution in [3.8, 4) is 0 Å². The van der Waals surface area contributed by atoms with Gasteiger partial charge in [-0.1, -0.05) is 6.07 Å². The van der Waals surface area contributed by atoms with Crippen LogP contribution in [0.2, 0.25) is 0 Å². The maximum Gasteiger partial charge on any atom is 0.244 e. The molecule has 0 unspecified atom stereocenters. The highest BCUT2D eigenvalue weighted by Gasteiger charge is 2.26. The van der Waals surface area contributed by atoms with Gasteiger partial charge in [-0.15, -0.1) is 0 Å². The molecular formula is C10H14N2O2S. The van der Waals surface area contributed by atoms with Crippen LogP contribution in [0.5, 0.6) is 0 Å². The lowest BCUT2D eigenvalue weighted by molar-refractivity contribution is 0.485. The molecule has 1 aromatic carbocycles. The van der Waals surface area contributed by atoms with Gasteiger partial charge in [-0.2, -0.15) is 4.31 Å². The highest BCUT2D eigenvalue weighted by atomic mass is 32.2. The van der Waals surface area contributed by atoms with Gasteiger partial charge < -0.3 is 5.32 Å². The number of benzene rings is 1. The first kappa shape index (κ1) is 10.4. The van der Waals surface area contributed by atoms with Crippen LogP contribution in [0.4, 0.5) is 5.69 Å². The average Bonchev–Trinajstić information content (AvgIpc) is 2.28. The zero-order chi connectivity index (χ0) is 11.1. The molecule has 1 aliphatic rings. The molecule has 1 aliphatic heterocycles. The van der Waals surface area contributed by atoms with Gasteiger partial charge in [0.25, 0.3) is 0 Å². The van der Waals surface area contributed by atoms with Crippen molar-refractivity contribution in [2.45, 2.75) is 11.8 Å². The average molecular weight is 226 g/mol. The first-order valence-electron chi connectivity index (χ1n) is 4.83. The van der Waals surface area contributed by atoms with Gasteiger partial charge in [-0.05, 0) is 24.6 Å². The van der Waals surface area contributed by atoms with Crippen LogP contribution >= 0.6 is 0 Å². The van der Waals surface area contributed by atoms with E-state index in [2.05, 4.69) is 5.32 Å². The molecule has 5 heteroatoms. The van der Waals surface area contributed by atoms with E-state index in [4.69, 9.17) is 0 Å². The summed E-state index contributed by atoms with van der Waals surface area (Å²) < 4.78 is 25.5. The van der Waals surface area contributed by atoms with Gasteiger partial charge in [0.1, 0.15) is 4.90 Å². The molecule has 82 valence electrons. The summed E-state index contributed by atoms with van der Waals surface area (Å²) in [6.45, 7) is 3.03. The lowest BCUT2D eigenvalue weighted by Crippen LogP contribution is -2.28. The molecule has 0 radical (unpaired) electrons. The molecule has 0 amide bonds. The number of anilines is 1. The molecule has 0 fully saturated rings. The molecule has 4 nitrogen and oxygen atoms in total. The van der Waals surface area contributed by atoms with Crippen LogP contribution < -0.4 is 5.32 Å². The Labute approximate surface area is 90.0 Å². The van der Waals surface area contributed by atoms with Crippen LogP contribution in [0.25, 0.3) is 0 Å². The Hall–Kier alpha value is -1.07. The van der Waals surface area contributed by atoms with Crippen LogP contribution in [0.3, 0.4) is 0 Å². The second kappa shape index (κ2) is 3.50. The van der Waals surface area contributed by atoms with Gasteiger partial charge >= 0.3 is 0 Å². The summed E-state index contributed by atoms with van der Waals surface area (Å²) in [6, 6.07) is 5.44. The van der Waals surface area contributed by atoms with Crippen LogP contribution in [-0.4, -0.2) is 32.9 Å². The third kappa shape index (κ3) is 1.72. The first-order valence-corrected chi connectivity index (χ1v) is 6.27. The zero-order valence-electron chi connectivity index (χ0n) is 8.82. The number of sulfonamides is 1. The minimum atomic E-state index is -3.31. The number of rotatable bonds is 0. The number of hydrogen-bond acceptors (Lipinski definition) is 3. The Morgan fingerprint density at radius 3 is 2.87 bits per heavy atom. The normalized spacial score (nSPS) is 20.1. The van der Waals surface area contributed by atoms with Crippen LogP contribution in [-0.2, 0) is 10.0 Å². The van der Waals surface area contributed by atoms with E-state index in [0.717, 1.165) is 5.56 Å². The standard InChI is InChI=1S/C10H14N2O2S/c1-8-3-4-9-10(7-8)15(13,14)12(2)6-5-11-9/h3-4,7,11H,5-6H2,1-2H3. The lowest BCUT2D eigenvalue weighted by Gasteiger charge is -2.13. The molecule has 1 N–H and O–H groups in total. The van der Waals surface area contributed by atoms with E-state index in [1.54, 1.807) is 13.1 Å². The Kier molecular flexibility index (Phi) is 2.44. The summed E-state index contributed by atoms with van der Waals surface area (Å²) in [5, 5.41) is 3.12. The van der Waals surface area contributed by atoms with E-state index in [1.807, 2.05) is 19.1 Å². The molecule has 1 heterocycles. The summed E-state index contributed by atoms with van der Waals surface area (Å²) in [5.74, 6) is 0. The van der Waals surface area contributed by atoms with Crippen molar-refractivity contribution in [3.05, 3.63) is 23.8 Å². The molecule has 0 saturated carbocycles. The third-order valence-corrected chi connectivity index (χ3v) is 4.46. The highest BCUT2D eigenvalue weighted by molar-refractivity contribution is 7.89. The van der Waals surface area contributed by atoms with Gasteiger partial charge in [-0.3, -0.25) is 0 Å². The number of fused-ring (bicyclic) bond motifs is 1. The number of likely N-dealkylation sites (N-methyl/N-ethyl adjacent to an activating group) is 1. The minimum Gasteiger partial charge on any atom is -0.383 e. The fourth-order valence-electron chi connectivity index (χ4n) is 1.63. The first-order chi connectivity index (χ1) is 7.01. The minimum absolute atomic E-state index is 0.377. The Bertz CT molecular complexity index is 482. The number of hydrogen-bond donors (Lipinski definition) is 1. The van der Waals surface area contributed by atoms with E-state index >= 15 is 0 Å². The van der Waals surface area contributed by atoms with E-state index in [1.165, 1.54) is 4.31 Å². The van der Waals surface area contributed by atoms with Crippen molar-refractivity contribution < 1.29 is 8.42 Å². The maximum absolute atomic E-state index is 12.1. The summed E-state index contributed by atoms with van der Waals surface area (Å²) in [6.07, 6.45) is 0. The van der Waals surface area contributed by atoms with Gasteiger partial charge in [0.05, 0.1) is 5.69 Å². The van der Waals surface area contributed by atoms with Gasteiger partial charge in [-0.25, -0.2) is 8.42 Å². The fraction of sp³-hybridized carbons (Fsp3) is 0.400. The molecule has 0 atom stereocenters. The zero-order valence-corrected chi connectivity index (χ0v) is 9.63. The summed E-state index contributed by atoms with van der Waals surface area (Å²) in [7, 11) is -1.70. The summed E-state index contributed by atoms with van der Waals surface area (Å²) >= 11 is 0. The SMILES string of the molecule is Cc1ccc2c(c1)S(=O)(=O)N(C)CCN2. The van der Waals surface area contributed by atoms with E-state index < -0.39 is 10.0 Å². The monoisotopic (exact) mass is 226 g/mol. The Morgan fingerprint density at radius 1 is 1.40 bits per heavy atom. The molecule has 15 heavy (non-hydrogen) atoms. The lowest BCUT2D eigenvalue weighted by atomic mass is 10.2. The predicted molar refractivity (Wildman–Crippen MR) is 59.5 cm³/mol. The number of nitrogens with zero attached hydrogens (tertiary/aromatic N) is 1. The third-order valence-electron chi connectivity index (χ3n) is 2.57. The van der Waals surface area contributed by atoms with Crippen LogP contribution in [0.15, 0.2) is 23.1 Å². The second-order valence-electron chi connectivity index (χ2n) is 3.75. The smallest absolute Gasteiger partial charge is 0.244 e. The molecule has 0 aromatic heterocycles.